The summed E-state index contributed by atoms with van der Waals surface area (Å²) in [6.07, 6.45) is 3.11. The van der Waals surface area contributed by atoms with E-state index in [4.69, 9.17) is 9.47 Å². The number of carbonyl (C=O) groups is 1. The Bertz CT molecular complexity index is 387. The third-order valence-electron chi connectivity index (χ3n) is 3.04. The van der Waals surface area contributed by atoms with Crippen molar-refractivity contribution < 1.29 is 14.3 Å². The number of benzene rings is 1. The predicted molar refractivity (Wildman–Crippen MR) is 53.3 cm³/mol. The Labute approximate surface area is 88.0 Å². The molecule has 3 heteroatoms. The van der Waals surface area contributed by atoms with Crippen molar-refractivity contribution in [2.45, 2.75) is 31.2 Å². The summed E-state index contributed by atoms with van der Waals surface area (Å²) in [5, 5.41) is 0. The van der Waals surface area contributed by atoms with Crippen LogP contribution in [0.1, 0.15) is 29.6 Å². The van der Waals surface area contributed by atoms with E-state index in [0.29, 0.717) is 5.56 Å². The van der Waals surface area contributed by atoms with Crippen molar-refractivity contribution in [1.82, 2.24) is 0 Å². The SMILES string of the molecule is O=C(O[C@]12CCC[C@H]1O2)c1ccccc1. The standard InChI is InChI=1S/C12H12O3/c13-11(9-5-2-1-3-6-9)15-12-8-4-7-10(12)14-12/h1-3,5-6,10H,4,7-8H2/t10-,12-/m1/s1. The number of epoxide rings is 1. The maximum absolute atomic E-state index is 11.7. The lowest BCUT2D eigenvalue weighted by molar-refractivity contribution is -0.0215. The van der Waals surface area contributed by atoms with Gasteiger partial charge in [0.15, 0.2) is 0 Å². The number of ether oxygens (including phenoxy) is 2. The summed E-state index contributed by atoms with van der Waals surface area (Å²) in [4.78, 5) is 11.7. The van der Waals surface area contributed by atoms with E-state index in [1.54, 1.807) is 12.1 Å². The Kier molecular flexibility index (Phi) is 1.83. The fourth-order valence-electron chi connectivity index (χ4n) is 2.17. The van der Waals surface area contributed by atoms with Crippen LogP contribution in [0.2, 0.25) is 0 Å². The quantitative estimate of drug-likeness (QED) is 0.547. The van der Waals surface area contributed by atoms with Crippen molar-refractivity contribution in [2.24, 2.45) is 0 Å². The Morgan fingerprint density at radius 2 is 2.20 bits per heavy atom. The van der Waals surface area contributed by atoms with Crippen LogP contribution in [0.3, 0.4) is 0 Å². The zero-order valence-corrected chi connectivity index (χ0v) is 8.31. The van der Waals surface area contributed by atoms with Crippen LogP contribution in [0, 0.1) is 0 Å². The van der Waals surface area contributed by atoms with Crippen molar-refractivity contribution >= 4 is 5.97 Å². The Balaban J connectivity index is 1.72. The molecule has 0 spiro atoms. The van der Waals surface area contributed by atoms with Gasteiger partial charge in [0.1, 0.15) is 6.10 Å². The lowest BCUT2D eigenvalue weighted by atomic mass is 10.2. The highest BCUT2D eigenvalue weighted by Gasteiger charge is 2.63. The predicted octanol–water partition coefficient (Wildman–Crippen LogP) is 2.12. The normalized spacial score (nSPS) is 32.1. The summed E-state index contributed by atoms with van der Waals surface area (Å²) in [5.41, 5.74) is 0.591. The molecule has 1 aliphatic carbocycles. The highest BCUT2D eigenvalue weighted by atomic mass is 16.8. The van der Waals surface area contributed by atoms with E-state index in [1.807, 2.05) is 18.2 Å². The molecule has 0 bridgehead atoms. The molecule has 1 saturated heterocycles. The molecule has 2 aliphatic rings. The first-order valence-electron chi connectivity index (χ1n) is 5.26. The van der Waals surface area contributed by atoms with Crippen LogP contribution in [0.25, 0.3) is 0 Å². The van der Waals surface area contributed by atoms with Gasteiger partial charge in [0.2, 0.25) is 5.79 Å². The maximum Gasteiger partial charge on any atom is 0.340 e. The minimum atomic E-state index is -0.563. The molecule has 1 aromatic rings. The second kappa shape index (κ2) is 3.07. The van der Waals surface area contributed by atoms with Gasteiger partial charge in [0.05, 0.1) is 5.56 Å². The number of carbonyl (C=O) groups excluding carboxylic acids is 1. The minimum Gasteiger partial charge on any atom is -0.427 e. The first-order chi connectivity index (χ1) is 7.30. The molecule has 0 radical (unpaired) electrons. The zero-order chi connectivity index (χ0) is 10.3. The fraction of sp³-hybridized carbons (Fsp3) is 0.417. The molecule has 1 aliphatic heterocycles. The van der Waals surface area contributed by atoms with Gasteiger partial charge in [-0.2, -0.15) is 0 Å². The molecule has 2 fully saturated rings. The van der Waals surface area contributed by atoms with E-state index in [0.717, 1.165) is 19.3 Å². The van der Waals surface area contributed by atoms with Gasteiger partial charge in [0.25, 0.3) is 0 Å². The van der Waals surface area contributed by atoms with Gasteiger partial charge in [-0.1, -0.05) is 18.2 Å². The lowest BCUT2D eigenvalue weighted by Gasteiger charge is -2.10. The van der Waals surface area contributed by atoms with Gasteiger partial charge in [0, 0.05) is 6.42 Å². The Hall–Kier alpha value is -1.35. The number of fused-ring (bicyclic) bond motifs is 1. The average molecular weight is 204 g/mol. The molecule has 3 nitrogen and oxygen atoms in total. The van der Waals surface area contributed by atoms with Gasteiger partial charge in [-0.3, -0.25) is 0 Å². The summed E-state index contributed by atoms with van der Waals surface area (Å²) in [7, 11) is 0. The van der Waals surface area contributed by atoms with Crippen molar-refractivity contribution in [2.75, 3.05) is 0 Å². The van der Waals surface area contributed by atoms with Gasteiger partial charge in [-0.05, 0) is 25.0 Å². The van der Waals surface area contributed by atoms with Gasteiger partial charge < -0.3 is 9.47 Å². The van der Waals surface area contributed by atoms with Crippen LogP contribution in [-0.4, -0.2) is 17.9 Å². The lowest BCUT2D eigenvalue weighted by Crippen LogP contribution is -2.20. The number of hydrogen-bond acceptors (Lipinski definition) is 3. The number of hydrogen-bond donors (Lipinski definition) is 0. The molecule has 2 atom stereocenters. The second-order valence-corrected chi connectivity index (χ2v) is 4.07. The maximum atomic E-state index is 11.7. The van der Waals surface area contributed by atoms with Crippen LogP contribution in [0.15, 0.2) is 30.3 Å². The highest BCUT2D eigenvalue weighted by Crippen LogP contribution is 2.50. The molecule has 1 saturated carbocycles. The van der Waals surface area contributed by atoms with Crippen LogP contribution in [0.4, 0.5) is 0 Å². The topological polar surface area (TPSA) is 38.8 Å². The Morgan fingerprint density at radius 3 is 2.80 bits per heavy atom. The van der Waals surface area contributed by atoms with Crippen LogP contribution >= 0.6 is 0 Å². The fourth-order valence-corrected chi connectivity index (χ4v) is 2.17. The molecule has 78 valence electrons. The average Bonchev–Trinajstić information content (AvgIpc) is 2.81. The van der Waals surface area contributed by atoms with Crippen LogP contribution in [0.5, 0.6) is 0 Å². The second-order valence-electron chi connectivity index (χ2n) is 4.07. The molecule has 1 heterocycles. The molecule has 0 amide bonds. The summed E-state index contributed by atoms with van der Waals surface area (Å²) in [6, 6.07) is 9.04. The molecular formula is C12H12O3. The monoisotopic (exact) mass is 204 g/mol. The smallest absolute Gasteiger partial charge is 0.340 e. The van der Waals surface area contributed by atoms with E-state index >= 15 is 0 Å². The summed E-state index contributed by atoms with van der Waals surface area (Å²) >= 11 is 0. The van der Waals surface area contributed by atoms with Gasteiger partial charge in [-0.25, -0.2) is 4.79 Å². The zero-order valence-electron chi connectivity index (χ0n) is 8.31. The van der Waals surface area contributed by atoms with E-state index in [1.165, 1.54) is 0 Å². The van der Waals surface area contributed by atoms with Gasteiger partial charge >= 0.3 is 5.97 Å². The van der Waals surface area contributed by atoms with E-state index in [2.05, 4.69) is 0 Å². The molecule has 1 aromatic carbocycles. The molecule has 0 unspecified atom stereocenters. The minimum absolute atomic E-state index is 0.158. The summed E-state index contributed by atoms with van der Waals surface area (Å²) < 4.78 is 10.8. The molecule has 0 N–H and O–H groups in total. The van der Waals surface area contributed by atoms with Crippen LogP contribution < -0.4 is 0 Å². The number of rotatable bonds is 2. The van der Waals surface area contributed by atoms with Crippen molar-refractivity contribution in [3.8, 4) is 0 Å². The van der Waals surface area contributed by atoms with E-state index < -0.39 is 5.79 Å². The molecule has 0 aromatic heterocycles. The van der Waals surface area contributed by atoms with Crippen LogP contribution in [-0.2, 0) is 9.47 Å². The largest absolute Gasteiger partial charge is 0.427 e. The summed E-state index contributed by atoms with van der Waals surface area (Å²) in [5.74, 6) is -0.840. The third-order valence-corrected chi connectivity index (χ3v) is 3.04. The van der Waals surface area contributed by atoms with E-state index in [-0.39, 0.29) is 12.1 Å². The van der Waals surface area contributed by atoms with Gasteiger partial charge in [-0.15, -0.1) is 0 Å². The van der Waals surface area contributed by atoms with E-state index in [9.17, 15) is 4.79 Å². The highest BCUT2D eigenvalue weighted by molar-refractivity contribution is 5.89. The summed E-state index contributed by atoms with van der Waals surface area (Å²) in [6.45, 7) is 0. The third kappa shape index (κ3) is 1.43. The van der Waals surface area contributed by atoms with Crippen molar-refractivity contribution in [3.05, 3.63) is 35.9 Å². The first-order valence-corrected chi connectivity index (χ1v) is 5.26. The molecule has 15 heavy (non-hydrogen) atoms. The first kappa shape index (κ1) is 8.92. The Morgan fingerprint density at radius 1 is 1.40 bits per heavy atom. The number of esters is 1. The van der Waals surface area contributed by atoms with Crippen molar-refractivity contribution in [1.29, 1.82) is 0 Å². The molecule has 3 rings (SSSR count). The van der Waals surface area contributed by atoms with Crippen molar-refractivity contribution in [3.63, 3.8) is 0 Å². The molecular weight excluding hydrogens is 192 g/mol.